The molecule has 3 N–H and O–H groups in total. The van der Waals surface area contributed by atoms with Crippen LogP contribution >= 0.6 is 11.6 Å². The minimum Gasteiger partial charge on any atom is -0.380 e. The predicted octanol–water partition coefficient (Wildman–Crippen LogP) is 1.53. The van der Waals surface area contributed by atoms with Gasteiger partial charge in [0.15, 0.2) is 0 Å². The number of hydrogen-bond acceptors (Lipinski definition) is 4. The van der Waals surface area contributed by atoms with Crippen LogP contribution in [0.5, 0.6) is 0 Å². The monoisotopic (exact) mass is 334 g/mol. The fourth-order valence-electron chi connectivity index (χ4n) is 1.54. The van der Waals surface area contributed by atoms with Crippen molar-refractivity contribution in [2.75, 3.05) is 19.8 Å². The van der Waals surface area contributed by atoms with Crippen LogP contribution in [0.2, 0.25) is 5.02 Å². The Bertz CT molecular complexity index is 590. The van der Waals surface area contributed by atoms with E-state index in [1.165, 1.54) is 12.1 Å². The Morgan fingerprint density at radius 1 is 1.38 bits per heavy atom. The lowest BCUT2D eigenvalue weighted by Gasteiger charge is -2.08. The average molecular weight is 335 g/mol. The van der Waals surface area contributed by atoms with Gasteiger partial charge < -0.3 is 10.1 Å². The summed E-state index contributed by atoms with van der Waals surface area (Å²) < 4.78 is 27.8. The van der Waals surface area contributed by atoms with Crippen LogP contribution in [-0.2, 0) is 14.8 Å². The summed E-state index contributed by atoms with van der Waals surface area (Å²) in [6.45, 7) is 3.41. The van der Waals surface area contributed by atoms with E-state index in [2.05, 4.69) is 12.2 Å². The summed E-state index contributed by atoms with van der Waals surface area (Å²) in [5.41, 5.74) is 0.0664. The summed E-state index contributed by atoms with van der Waals surface area (Å²) in [6, 6.07) is 3.74. The van der Waals surface area contributed by atoms with Crippen molar-refractivity contribution in [3.63, 3.8) is 0 Å². The van der Waals surface area contributed by atoms with Gasteiger partial charge in [-0.1, -0.05) is 24.9 Å². The molecule has 1 rings (SSSR count). The fraction of sp³-hybridized carbons (Fsp3) is 0.462. The molecule has 0 saturated carbocycles. The number of halogens is 1. The van der Waals surface area contributed by atoms with Crippen LogP contribution < -0.4 is 10.5 Å². The molecule has 6 nitrogen and oxygen atoms in total. The molecule has 0 radical (unpaired) electrons. The van der Waals surface area contributed by atoms with Crippen molar-refractivity contribution in [3.8, 4) is 0 Å². The maximum Gasteiger partial charge on any atom is 0.252 e. The fourth-order valence-corrected chi connectivity index (χ4v) is 2.28. The molecule has 0 aliphatic rings. The summed E-state index contributed by atoms with van der Waals surface area (Å²) in [5, 5.41) is 7.79. The molecule has 0 heterocycles. The minimum absolute atomic E-state index is 0.0664. The number of carbonyl (C=O) groups is 1. The first-order chi connectivity index (χ1) is 9.86. The molecule has 0 fully saturated rings. The summed E-state index contributed by atoms with van der Waals surface area (Å²) >= 11 is 5.89. The van der Waals surface area contributed by atoms with Gasteiger partial charge in [-0.3, -0.25) is 4.79 Å². The summed E-state index contributed by atoms with van der Waals surface area (Å²) in [5.74, 6) is -0.468. The molecular weight excluding hydrogens is 316 g/mol. The van der Waals surface area contributed by atoms with E-state index in [1.54, 1.807) is 0 Å². The number of rotatable bonds is 8. The third kappa shape index (κ3) is 6.01. The number of nitrogens with two attached hydrogens (primary N) is 1. The van der Waals surface area contributed by atoms with E-state index in [1.807, 2.05) is 0 Å². The molecule has 0 aliphatic heterocycles. The smallest absolute Gasteiger partial charge is 0.252 e. The first-order valence-electron chi connectivity index (χ1n) is 6.54. The SMILES string of the molecule is CCCCOCCNC(=O)c1cc(S(N)(=O)=O)ccc1Cl. The Morgan fingerprint density at radius 2 is 2.10 bits per heavy atom. The lowest BCUT2D eigenvalue weighted by Crippen LogP contribution is -2.28. The highest BCUT2D eigenvalue weighted by molar-refractivity contribution is 7.89. The van der Waals surface area contributed by atoms with E-state index in [9.17, 15) is 13.2 Å². The number of nitrogens with one attached hydrogen (secondary N) is 1. The number of unbranched alkanes of at least 4 members (excludes halogenated alkanes) is 1. The molecular formula is C13H19ClN2O4S. The minimum atomic E-state index is -3.87. The van der Waals surface area contributed by atoms with Crippen LogP contribution in [0.3, 0.4) is 0 Å². The normalized spacial score (nSPS) is 11.4. The number of hydrogen-bond donors (Lipinski definition) is 2. The van der Waals surface area contributed by atoms with Crippen molar-refractivity contribution in [1.82, 2.24) is 5.32 Å². The highest BCUT2D eigenvalue weighted by Gasteiger charge is 2.15. The van der Waals surface area contributed by atoms with Gasteiger partial charge in [-0.25, -0.2) is 13.6 Å². The second kappa shape index (κ2) is 8.33. The summed E-state index contributed by atoms with van der Waals surface area (Å²) in [7, 11) is -3.87. The number of sulfonamides is 1. The van der Waals surface area contributed by atoms with Crippen LogP contribution in [0.15, 0.2) is 23.1 Å². The van der Waals surface area contributed by atoms with Crippen molar-refractivity contribution in [3.05, 3.63) is 28.8 Å². The Hall–Kier alpha value is -1.15. The van der Waals surface area contributed by atoms with E-state index >= 15 is 0 Å². The van der Waals surface area contributed by atoms with Gasteiger partial charge in [-0.2, -0.15) is 0 Å². The number of primary sulfonamides is 1. The third-order valence-corrected chi connectivity index (χ3v) is 3.93. The molecule has 1 amide bonds. The maximum absolute atomic E-state index is 11.9. The molecule has 0 aliphatic carbocycles. The van der Waals surface area contributed by atoms with E-state index in [0.717, 1.165) is 18.9 Å². The second-order valence-corrected chi connectivity index (χ2v) is 6.38. The second-order valence-electron chi connectivity index (χ2n) is 4.41. The molecule has 0 bridgehead atoms. The Kier molecular flexibility index (Phi) is 7.10. The maximum atomic E-state index is 11.9. The van der Waals surface area contributed by atoms with Gasteiger partial charge in [0.25, 0.3) is 5.91 Å². The molecule has 118 valence electrons. The quantitative estimate of drug-likeness (QED) is 0.704. The zero-order valence-electron chi connectivity index (χ0n) is 11.8. The number of ether oxygens (including phenoxy) is 1. The first kappa shape index (κ1) is 17.9. The Morgan fingerprint density at radius 3 is 2.71 bits per heavy atom. The van der Waals surface area contributed by atoms with Crippen LogP contribution in [0.25, 0.3) is 0 Å². The van der Waals surface area contributed by atoms with Gasteiger partial charge in [0.05, 0.1) is 22.1 Å². The van der Waals surface area contributed by atoms with E-state index in [0.29, 0.717) is 19.8 Å². The number of amides is 1. The highest BCUT2D eigenvalue weighted by atomic mass is 35.5. The molecule has 21 heavy (non-hydrogen) atoms. The van der Waals surface area contributed by atoms with E-state index < -0.39 is 15.9 Å². The van der Waals surface area contributed by atoms with Crippen molar-refractivity contribution in [1.29, 1.82) is 0 Å². The average Bonchev–Trinajstić information content (AvgIpc) is 2.41. The molecule has 0 spiro atoms. The van der Waals surface area contributed by atoms with E-state index in [4.69, 9.17) is 21.5 Å². The van der Waals surface area contributed by atoms with Crippen LogP contribution in [0.1, 0.15) is 30.1 Å². The molecule has 0 saturated heterocycles. The summed E-state index contributed by atoms with van der Waals surface area (Å²) in [6.07, 6.45) is 2.01. The van der Waals surface area contributed by atoms with Crippen molar-refractivity contribution in [2.24, 2.45) is 5.14 Å². The molecule has 1 aromatic carbocycles. The third-order valence-electron chi connectivity index (χ3n) is 2.69. The molecule has 0 unspecified atom stereocenters. The zero-order valence-corrected chi connectivity index (χ0v) is 13.3. The van der Waals surface area contributed by atoms with Crippen LogP contribution in [0, 0.1) is 0 Å². The van der Waals surface area contributed by atoms with Crippen molar-refractivity contribution < 1.29 is 17.9 Å². The Balaban J connectivity index is 2.62. The van der Waals surface area contributed by atoms with Gasteiger partial charge in [-0.15, -0.1) is 0 Å². The molecule has 0 atom stereocenters. The largest absolute Gasteiger partial charge is 0.380 e. The number of benzene rings is 1. The summed E-state index contributed by atoms with van der Waals surface area (Å²) in [4.78, 5) is 11.8. The number of carbonyl (C=O) groups excluding carboxylic acids is 1. The molecule has 0 aromatic heterocycles. The zero-order chi connectivity index (χ0) is 15.9. The van der Waals surface area contributed by atoms with Crippen molar-refractivity contribution in [2.45, 2.75) is 24.7 Å². The topological polar surface area (TPSA) is 98.5 Å². The van der Waals surface area contributed by atoms with Crippen LogP contribution in [-0.4, -0.2) is 34.1 Å². The van der Waals surface area contributed by atoms with Gasteiger partial charge in [-0.05, 0) is 24.6 Å². The highest BCUT2D eigenvalue weighted by Crippen LogP contribution is 2.19. The van der Waals surface area contributed by atoms with Gasteiger partial charge >= 0.3 is 0 Å². The van der Waals surface area contributed by atoms with Gasteiger partial charge in [0.2, 0.25) is 10.0 Å². The lowest BCUT2D eigenvalue weighted by atomic mass is 10.2. The standard InChI is InChI=1S/C13H19ClN2O4S/c1-2-3-7-20-8-6-16-13(17)11-9-10(21(15,18)19)4-5-12(11)14/h4-5,9H,2-3,6-8H2,1H3,(H,16,17)(H2,15,18,19). The van der Waals surface area contributed by atoms with Crippen LogP contribution in [0.4, 0.5) is 0 Å². The van der Waals surface area contributed by atoms with Gasteiger partial charge in [0, 0.05) is 13.2 Å². The Labute approximate surface area is 129 Å². The van der Waals surface area contributed by atoms with Crippen molar-refractivity contribution >= 4 is 27.5 Å². The lowest BCUT2D eigenvalue weighted by molar-refractivity contribution is 0.0912. The first-order valence-corrected chi connectivity index (χ1v) is 8.47. The van der Waals surface area contributed by atoms with E-state index in [-0.39, 0.29) is 15.5 Å². The van der Waals surface area contributed by atoms with Gasteiger partial charge in [0.1, 0.15) is 0 Å². The molecule has 8 heteroatoms. The molecule has 1 aromatic rings. The predicted molar refractivity (Wildman–Crippen MR) is 80.9 cm³/mol.